The summed E-state index contributed by atoms with van der Waals surface area (Å²) < 4.78 is 0.806. The van der Waals surface area contributed by atoms with E-state index in [1.807, 2.05) is 12.1 Å². The molecule has 0 bridgehead atoms. The van der Waals surface area contributed by atoms with Gasteiger partial charge in [-0.3, -0.25) is 9.59 Å². The molecule has 2 N–H and O–H groups in total. The Hall–Kier alpha value is -2.67. The molecule has 5 nitrogen and oxygen atoms in total. The third kappa shape index (κ3) is 5.69. The molecule has 0 heterocycles. The van der Waals surface area contributed by atoms with Crippen LogP contribution in [0, 0.1) is 0 Å². The molecule has 0 aliphatic heterocycles. The number of amides is 2. The minimum Gasteiger partial charge on any atom is -0.322 e. The molecule has 3 aromatic rings. The van der Waals surface area contributed by atoms with Gasteiger partial charge in [0.25, 0.3) is 11.8 Å². The molecule has 2 amide bonds. The molecule has 3 aromatic carbocycles. The van der Waals surface area contributed by atoms with Gasteiger partial charge >= 0.3 is 0 Å². The molecule has 3 rings (SSSR count). The van der Waals surface area contributed by atoms with Gasteiger partial charge in [0.15, 0.2) is 0 Å². The lowest BCUT2D eigenvalue weighted by Crippen LogP contribution is -2.19. The number of carbonyl (C=O) groups is 2. The number of anilines is 1. The van der Waals surface area contributed by atoms with Crippen molar-refractivity contribution in [3.63, 3.8) is 0 Å². The molecule has 152 valence electrons. The Morgan fingerprint density at radius 2 is 1.63 bits per heavy atom. The smallest absolute Gasteiger partial charge is 0.271 e. The first-order valence-corrected chi connectivity index (χ1v) is 10.4. The predicted molar refractivity (Wildman–Crippen MR) is 125 cm³/mol. The van der Waals surface area contributed by atoms with Crippen molar-refractivity contribution in [2.75, 3.05) is 5.32 Å². The number of halogens is 3. The molecule has 0 saturated carbocycles. The van der Waals surface area contributed by atoms with Crippen molar-refractivity contribution in [1.29, 1.82) is 0 Å². The van der Waals surface area contributed by atoms with Crippen LogP contribution < -0.4 is 10.7 Å². The van der Waals surface area contributed by atoms with Crippen LogP contribution in [-0.4, -0.2) is 17.5 Å². The molecule has 0 aliphatic rings. The van der Waals surface area contributed by atoms with Gasteiger partial charge in [0.2, 0.25) is 0 Å². The molecular formula is C22H16BrCl2N3O2. The van der Waals surface area contributed by atoms with Gasteiger partial charge in [0.1, 0.15) is 0 Å². The number of benzene rings is 3. The van der Waals surface area contributed by atoms with Gasteiger partial charge in [-0.15, -0.1) is 0 Å². The Labute approximate surface area is 192 Å². The van der Waals surface area contributed by atoms with E-state index in [1.54, 1.807) is 55.5 Å². The zero-order valence-electron chi connectivity index (χ0n) is 15.7. The number of hydrogen-bond donors (Lipinski definition) is 2. The SMILES string of the molecule is C/C(=N\NC(=O)c1cccc(Br)c1)c1cccc(NC(=O)c2ccc(Cl)cc2Cl)c1. The molecule has 0 radical (unpaired) electrons. The van der Waals surface area contributed by atoms with Crippen molar-refractivity contribution in [3.05, 3.63) is 97.9 Å². The summed E-state index contributed by atoms with van der Waals surface area (Å²) in [7, 11) is 0. The van der Waals surface area contributed by atoms with Crippen LogP contribution >= 0.6 is 39.1 Å². The van der Waals surface area contributed by atoms with Crippen molar-refractivity contribution in [3.8, 4) is 0 Å². The number of hydrazone groups is 1. The van der Waals surface area contributed by atoms with Gasteiger partial charge in [-0.25, -0.2) is 5.43 Å². The van der Waals surface area contributed by atoms with Gasteiger partial charge in [0, 0.05) is 20.7 Å². The van der Waals surface area contributed by atoms with Crippen molar-refractivity contribution in [1.82, 2.24) is 5.43 Å². The molecular weight excluding hydrogens is 489 g/mol. The maximum Gasteiger partial charge on any atom is 0.271 e. The predicted octanol–water partition coefficient (Wildman–Crippen LogP) is 6.16. The van der Waals surface area contributed by atoms with E-state index in [1.165, 1.54) is 6.07 Å². The number of nitrogens with zero attached hydrogens (tertiary/aromatic N) is 1. The number of rotatable bonds is 5. The third-order valence-electron chi connectivity index (χ3n) is 4.13. The van der Waals surface area contributed by atoms with Gasteiger partial charge in [0.05, 0.1) is 16.3 Å². The lowest BCUT2D eigenvalue weighted by Gasteiger charge is -2.09. The van der Waals surface area contributed by atoms with Gasteiger partial charge in [-0.2, -0.15) is 5.10 Å². The summed E-state index contributed by atoms with van der Waals surface area (Å²) in [5.74, 6) is -0.677. The van der Waals surface area contributed by atoms with Crippen LogP contribution in [0.2, 0.25) is 10.0 Å². The second-order valence-corrected chi connectivity index (χ2v) is 8.07. The summed E-state index contributed by atoms with van der Waals surface area (Å²) in [6.07, 6.45) is 0. The summed E-state index contributed by atoms with van der Waals surface area (Å²) in [5.41, 5.74) is 5.23. The Morgan fingerprint density at radius 3 is 2.37 bits per heavy atom. The fourth-order valence-corrected chi connectivity index (χ4v) is 3.48. The molecule has 0 unspecified atom stereocenters. The van der Waals surface area contributed by atoms with Crippen molar-refractivity contribution < 1.29 is 9.59 Å². The zero-order chi connectivity index (χ0) is 21.7. The van der Waals surface area contributed by atoms with Crippen molar-refractivity contribution >= 4 is 62.3 Å². The highest BCUT2D eigenvalue weighted by Gasteiger charge is 2.12. The molecule has 0 spiro atoms. The van der Waals surface area contributed by atoms with Crippen molar-refractivity contribution in [2.45, 2.75) is 6.92 Å². The van der Waals surface area contributed by atoms with Crippen LogP contribution in [0.3, 0.4) is 0 Å². The topological polar surface area (TPSA) is 70.6 Å². The highest BCUT2D eigenvalue weighted by molar-refractivity contribution is 9.10. The van der Waals surface area contributed by atoms with Crippen LogP contribution in [0.15, 0.2) is 76.3 Å². The maximum absolute atomic E-state index is 12.5. The standard InChI is InChI=1S/C22H16BrCl2N3O2/c1-13(27-28-21(29)15-5-2-6-16(23)10-15)14-4-3-7-18(11-14)26-22(30)19-9-8-17(24)12-20(19)25/h2-12H,1H3,(H,26,30)(H,28,29)/b27-13+. The molecule has 0 fully saturated rings. The van der Waals surface area contributed by atoms with E-state index in [-0.39, 0.29) is 16.8 Å². The number of hydrogen-bond acceptors (Lipinski definition) is 3. The fourth-order valence-electron chi connectivity index (χ4n) is 2.59. The fraction of sp³-hybridized carbons (Fsp3) is 0.0455. The second-order valence-electron chi connectivity index (χ2n) is 6.31. The Kier molecular flexibility index (Phi) is 7.26. The summed E-state index contributed by atoms with van der Waals surface area (Å²) in [6.45, 7) is 1.76. The largest absolute Gasteiger partial charge is 0.322 e. The normalized spacial score (nSPS) is 11.1. The van der Waals surface area contributed by atoms with Crippen LogP contribution in [-0.2, 0) is 0 Å². The molecule has 0 aliphatic carbocycles. The summed E-state index contributed by atoms with van der Waals surface area (Å²) >= 11 is 15.3. The van der Waals surface area contributed by atoms with E-state index in [0.717, 1.165) is 10.0 Å². The van der Waals surface area contributed by atoms with E-state index < -0.39 is 0 Å². The lowest BCUT2D eigenvalue weighted by molar-refractivity contribution is 0.0954. The maximum atomic E-state index is 12.5. The molecule has 30 heavy (non-hydrogen) atoms. The first-order chi connectivity index (χ1) is 14.3. The van der Waals surface area contributed by atoms with E-state index in [9.17, 15) is 9.59 Å². The molecule has 8 heteroatoms. The minimum atomic E-state index is -0.355. The average molecular weight is 505 g/mol. The minimum absolute atomic E-state index is 0.268. The van der Waals surface area contributed by atoms with Crippen molar-refractivity contribution in [2.24, 2.45) is 5.10 Å². The van der Waals surface area contributed by atoms with Crippen LogP contribution in [0.5, 0.6) is 0 Å². The molecule has 0 aromatic heterocycles. The number of nitrogens with one attached hydrogen (secondary N) is 2. The lowest BCUT2D eigenvalue weighted by atomic mass is 10.1. The average Bonchev–Trinajstić information content (AvgIpc) is 2.71. The van der Waals surface area contributed by atoms with E-state index in [4.69, 9.17) is 23.2 Å². The Balaban J connectivity index is 1.71. The van der Waals surface area contributed by atoms with Crippen LogP contribution in [0.1, 0.15) is 33.2 Å². The first kappa shape index (κ1) is 22.0. The molecule has 0 atom stereocenters. The highest BCUT2D eigenvalue weighted by Crippen LogP contribution is 2.22. The molecule has 0 saturated heterocycles. The van der Waals surface area contributed by atoms with Crippen LogP contribution in [0.4, 0.5) is 5.69 Å². The first-order valence-electron chi connectivity index (χ1n) is 8.80. The van der Waals surface area contributed by atoms with Gasteiger partial charge < -0.3 is 5.32 Å². The number of carbonyl (C=O) groups excluding carboxylic acids is 2. The van der Waals surface area contributed by atoms with Gasteiger partial charge in [-0.05, 0) is 61.0 Å². The third-order valence-corrected chi connectivity index (χ3v) is 5.17. The Bertz CT molecular complexity index is 1150. The second kappa shape index (κ2) is 9.89. The van der Waals surface area contributed by atoms with E-state index in [0.29, 0.717) is 27.5 Å². The van der Waals surface area contributed by atoms with E-state index in [2.05, 4.69) is 31.8 Å². The van der Waals surface area contributed by atoms with Crippen LogP contribution in [0.25, 0.3) is 0 Å². The van der Waals surface area contributed by atoms with Gasteiger partial charge in [-0.1, -0.05) is 57.3 Å². The Morgan fingerprint density at radius 1 is 0.900 bits per heavy atom. The quantitative estimate of drug-likeness (QED) is 0.322. The summed E-state index contributed by atoms with van der Waals surface area (Å²) in [4.78, 5) is 24.7. The summed E-state index contributed by atoms with van der Waals surface area (Å²) in [5, 5.41) is 7.67. The summed E-state index contributed by atoms with van der Waals surface area (Å²) in [6, 6.07) is 18.8. The monoisotopic (exact) mass is 503 g/mol. The highest BCUT2D eigenvalue weighted by atomic mass is 79.9. The van der Waals surface area contributed by atoms with E-state index >= 15 is 0 Å². The zero-order valence-corrected chi connectivity index (χ0v) is 18.8.